The minimum Gasteiger partial charge on any atom is -0.493 e. The third-order valence-corrected chi connectivity index (χ3v) is 3.22. The number of methoxy groups -OCH3 is 3. The first-order valence-corrected chi connectivity index (χ1v) is 7.31. The molecular formula is C17H22N2O4. The number of hydrogen-bond acceptors (Lipinski definition) is 5. The Bertz CT molecular complexity index is 618. The first-order valence-electron chi connectivity index (χ1n) is 7.31. The van der Waals surface area contributed by atoms with Crippen LogP contribution in [0, 0.1) is 11.3 Å². The zero-order chi connectivity index (χ0) is 17.2. The van der Waals surface area contributed by atoms with Crippen LogP contribution in [-0.2, 0) is 4.79 Å². The standard InChI is InChI=1S/C17H22N2O4/c1-5-6-9-19-17(20)13(11-18)10-12-7-8-14(21-2)16(23-4)15(12)22-3/h7-8,10H,5-6,9H2,1-4H3,(H,19,20)/b13-10+. The lowest BCUT2D eigenvalue weighted by Crippen LogP contribution is -2.25. The molecule has 0 saturated heterocycles. The molecular weight excluding hydrogens is 296 g/mol. The summed E-state index contributed by atoms with van der Waals surface area (Å²) in [5.74, 6) is 0.915. The molecule has 1 N–H and O–H groups in total. The van der Waals surface area contributed by atoms with Crippen LogP contribution in [0.2, 0.25) is 0 Å². The molecule has 1 aromatic rings. The lowest BCUT2D eigenvalue weighted by molar-refractivity contribution is -0.117. The van der Waals surface area contributed by atoms with E-state index in [2.05, 4.69) is 5.32 Å². The van der Waals surface area contributed by atoms with E-state index >= 15 is 0 Å². The van der Waals surface area contributed by atoms with Gasteiger partial charge in [-0.15, -0.1) is 0 Å². The normalized spacial score (nSPS) is 10.7. The summed E-state index contributed by atoms with van der Waals surface area (Å²) in [5, 5.41) is 11.9. The van der Waals surface area contributed by atoms with Gasteiger partial charge in [-0.25, -0.2) is 0 Å². The summed E-state index contributed by atoms with van der Waals surface area (Å²) in [6.07, 6.45) is 3.31. The number of carbonyl (C=O) groups excluding carboxylic acids is 1. The number of nitrogens with one attached hydrogen (secondary N) is 1. The van der Waals surface area contributed by atoms with Gasteiger partial charge in [0.2, 0.25) is 5.75 Å². The summed E-state index contributed by atoms with van der Waals surface area (Å²) in [4.78, 5) is 12.0. The second kappa shape index (κ2) is 9.36. The van der Waals surface area contributed by atoms with E-state index in [1.165, 1.54) is 27.4 Å². The number of ether oxygens (including phenoxy) is 3. The molecule has 1 rings (SSSR count). The molecule has 0 saturated carbocycles. The SMILES string of the molecule is CCCCNC(=O)/C(C#N)=C/c1ccc(OC)c(OC)c1OC. The fourth-order valence-corrected chi connectivity index (χ4v) is 2.02. The number of benzene rings is 1. The van der Waals surface area contributed by atoms with Gasteiger partial charge in [0.1, 0.15) is 11.6 Å². The van der Waals surface area contributed by atoms with E-state index in [1.807, 2.05) is 13.0 Å². The highest BCUT2D eigenvalue weighted by molar-refractivity contribution is 6.02. The predicted molar refractivity (Wildman–Crippen MR) is 87.6 cm³/mol. The fraction of sp³-hybridized carbons (Fsp3) is 0.412. The van der Waals surface area contributed by atoms with Crippen molar-refractivity contribution < 1.29 is 19.0 Å². The Labute approximate surface area is 136 Å². The van der Waals surface area contributed by atoms with Crippen molar-refractivity contribution in [1.29, 1.82) is 5.26 Å². The van der Waals surface area contributed by atoms with Gasteiger partial charge in [-0.2, -0.15) is 5.26 Å². The number of rotatable bonds is 8. The number of unbranched alkanes of at least 4 members (excludes halogenated alkanes) is 1. The minimum absolute atomic E-state index is 0.00613. The Kier molecular flexibility index (Phi) is 7.48. The van der Waals surface area contributed by atoms with Gasteiger partial charge in [0.05, 0.1) is 21.3 Å². The molecule has 0 heterocycles. The van der Waals surface area contributed by atoms with Gasteiger partial charge in [0.25, 0.3) is 5.91 Å². The Morgan fingerprint density at radius 2 is 1.91 bits per heavy atom. The molecule has 0 aliphatic heterocycles. The quantitative estimate of drug-likeness (QED) is 0.452. The molecule has 124 valence electrons. The lowest BCUT2D eigenvalue weighted by Gasteiger charge is -2.14. The largest absolute Gasteiger partial charge is 0.493 e. The molecule has 0 aliphatic rings. The monoisotopic (exact) mass is 318 g/mol. The van der Waals surface area contributed by atoms with Crippen molar-refractivity contribution in [3.8, 4) is 23.3 Å². The van der Waals surface area contributed by atoms with Gasteiger partial charge in [0.15, 0.2) is 11.5 Å². The predicted octanol–water partition coefficient (Wildman–Crippen LogP) is 2.54. The maximum Gasteiger partial charge on any atom is 0.261 e. The molecule has 0 bridgehead atoms. The molecule has 6 heteroatoms. The highest BCUT2D eigenvalue weighted by Crippen LogP contribution is 2.40. The summed E-state index contributed by atoms with van der Waals surface area (Å²) in [6, 6.07) is 5.31. The average Bonchev–Trinajstić information content (AvgIpc) is 2.58. The third kappa shape index (κ3) is 4.65. The fourth-order valence-electron chi connectivity index (χ4n) is 2.02. The minimum atomic E-state index is -0.405. The highest BCUT2D eigenvalue weighted by Gasteiger charge is 2.16. The van der Waals surface area contributed by atoms with E-state index in [1.54, 1.807) is 12.1 Å². The average molecular weight is 318 g/mol. The molecule has 0 fully saturated rings. The second-order valence-corrected chi connectivity index (χ2v) is 4.70. The van der Waals surface area contributed by atoms with Crippen molar-refractivity contribution in [2.24, 2.45) is 0 Å². The summed E-state index contributed by atoms with van der Waals surface area (Å²) >= 11 is 0. The van der Waals surface area contributed by atoms with Crippen molar-refractivity contribution in [1.82, 2.24) is 5.32 Å². The number of nitriles is 1. The van der Waals surface area contributed by atoms with Gasteiger partial charge in [0, 0.05) is 12.1 Å². The summed E-state index contributed by atoms with van der Waals surface area (Å²) in [7, 11) is 4.51. The first kappa shape index (κ1) is 18.4. The summed E-state index contributed by atoms with van der Waals surface area (Å²) in [6.45, 7) is 2.57. The van der Waals surface area contributed by atoms with E-state index < -0.39 is 5.91 Å². The zero-order valence-electron chi connectivity index (χ0n) is 13.9. The third-order valence-electron chi connectivity index (χ3n) is 3.22. The summed E-state index contributed by atoms with van der Waals surface area (Å²) < 4.78 is 15.8. The number of nitrogens with zero attached hydrogens (tertiary/aromatic N) is 1. The van der Waals surface area contributed by atoms with E-state index in [0.29, 0.717) is 29.4 Å². The lowest BCUT2D eigenvalue weighted by atomic mass is 10.1. The maximum atomic E-state index is 12.0. The van der Waals surface area contributed by atoms with Crippen LogP contribution in [0.5, 0.6) is 17.2 Å². The molecule has 0 spiro atoms. The number of amides is 1. The first-order chi connectivity index (χ1) is 11.1. The molecule has 0 atom stereocenters. The smallest absolute Gasteiger partial charge is 0.261 e. The molecule has 0 aliphatic carbocycles. The zero-order valence-corrected chi connectivity index (χ0v) is 13.9. The van der Waals surface area contributed by atoms with Crippen LogP contribution in [-0.4, -0.2) is 33.8 Å². The van der Waals surface area contributed by atoms with Crippen molar-refractivity contribution in [3.05, 3.63) is 23.3 Å². The molecule has 0 radical (unpaired) electrons. The van der Waals surface area contributed by atoms with E-state index in [9.17, 15) is 10.1 Å². The molecule has 0 aromatic heterocycles. The Balaban J connectivity index is 3.18. The Morgan fingerprint density at radius 1 is 1.22 bits per heavy atom. The van der Waals surface area contributed by atoms with Crippen molar-refractivity contribution >= 4 is 12.0 Å². The molecule has 0 unspecified atom stereocenters. The van der Waals surface area contributed by atoms with Crippen LogP contribution in [0.15, 0.2) is 17.7 Å². The van der Waals surface area contributed by atoms with Gasteiger partial charge in [-0.1, -0.05) is 13.3 Å². The Morgan fingerprint density at radius 3 is 2.43 bits per heavy atom. The Hall–Kier alpha value is -2.68. The van der Waals surface area contributed by atoms with Crippen LogP contribution in [0.25, 0.3) is 6.08 Å². The second-order valence-electron chi connectivity index (χ2n) is 4.70. The molecule has 1 aromatic carbocycles. The summed E-state index contributed by atoms with van der Waals surface area (Å²) in [5.41, 5.74) is 0.568. The topological polar surface area (TPSA) is 80.6 Å². The van der Waals surface area contributed by atoms with Crippen molar-refractivity contribution in [3.63, 3.8) is 0 Å². The molecule has 1 amide bonds. The van der Waals surface area contributed by atoms with Crippen LogP contribution >= 0.6 is 0 Å². The van der Waals surface area contributed by atoms with E-state index in [4.69, 9.17) is 14.2 Å². The molecule has 23 heavy (non-hydrogen) atoms. The van der Waals surface area contributed by atoms with Crippen LogP contribution in [0.3, 0.4) is 0 Å². The van der Waals surface area contributed by atoms with E-state index in [0.717, 1.165) is 12.8 Å². The van der Waals surface area contributed by atoms with Crippen molar-refractivity contribution in [2.45, 2.75) is 19.8 Å². The van der Waals surface area contributed by atoms with Crippen LogP contribution < -0.4 is 19.5 Å². The van der Waals surface area contributed by atoms with Crippen molar-refractivity contribution in [2.75, 3.05) is 27.9 Å². The van der Waals surface area contributed by atoms with Gasteiger partial charge in [-0.3, -0.25) is 4.79 Å². The highest BCUT2D eigenvalue weighted by atomic mass is 16.5. The van der Waals surface area contributed by atoms with E-state index in [-0.39, 0.29) is 5.57 Å². The van der Waals surface area contributed by atoms with Gasteiger partial charge < -0.3 is 19.5 Å². The number of hydrogen-bond donors (Lipinski definition) is 1. The van der Waals surface area contributed by atoms with Crippen LogP contribution in [0.4, 0.5) is 0 Å². The molecule has 6 nitrogen and oxygen atoms in total. The van der Waals surface area contributed by atoms with Gasteiger partial charge in [-0.05, 0) is 24.6 Å². The maximum absolute atomic E-state index is 12.0. The number of carbonyl (C=O) groups is 1. The van der Waals surface area contributed by atoms with Gasteiger partial charge >= 0.3 is 0 Å². The van der Waals surface area contributed by atoms with Crippen LogP contribution in [0.1, 0.15) is 25.3 Å².